The van der Waals surface area contributed by atoms with Crippen molar-refractivity contribution in [2.75, 3.05) is 18.1 Å². The summed E-state index contributed by atoms with van der Waals surface area (Å²) >= 11 is 0. The van der Waals surface area contributed by atoms with Crippen LogP contribution in [0.25, 0.3) is 0 Å². The molecule has 3 aliphatic heterocycles. The molecule has 26 heavy (non-hydrogen) atoms. The van der Waals surface area contributed by atoms with Crippen LogP contribution in [-0.2, 0) is 25.5 Å². The van der Waals surface area contributed by atoms with Crippen LogP contribution >= 0.6 is 0 Å². The van der Waals surface area contributed by atoms with Crippen LogP contribution in [0.4, 0.5) is 5.69 Å². The summed E-state index contributed by atoms with van der Waals surface area (Å²) in [6.45, 7) is 4.99. The Balaban J connectivity index is 1.62. The van der Waals surface area contributed by atoms with E-state index in [0.717, 1.165) is 30.5 Å². The monoisotopic (exact) mass is 355 g/mol. The van der Waals surface area contributed by atoms with Gasteiger partial charge in [0.2, 0.25) is 5.91 Å². The number of rotatable bonds is 6. The SMILES string of the molecule is CCCCOC(=O)[C@H]1[C@H]2C(=O)N(c3ccccc3CC)C[C@@]23C=C[C@H]1O3. The number of carbonyl (C=O) groups is 2. The molecule has 2 bridgehead atoms. The van der Waals surface area contributed by atoms with Crippen molar-refractivity contribution in [3.63, 3.8) is 0 Å². The lowest BCUT2D eigenvalue weighted by atomic mass is 9.77. The van der Waals surface area contributed by atoms with Gasteiger partial charge in [-0.3, -0.25) is 9.59 Å². The Kier molecular flexibility index (Phi) is 4.35. The molecule has 2 saturated heterocycles. The van der Waals surface area contributed by atoms with Gasteiger partial charge < -0.3 is 14.4 Å². The maximum Gasteiger partial charge on any atom is 0.312 e. The molecular formula is C21H25NO4. The lowest BCUT2D eigenvalue weighted by Crippen LogP contribution is -2.40. The van der Waals surface area contributed by atoms with Crippen LogP contribution in [0.1, 0.15) is 32.3 Å². The highest BCUT2D eigenvalue weighted by Crippen LogP contribution is 2.53. The summed E-state index contributed by atoms with van der Waals surface area (Å²) in [6, 6.07) is 7.94. The summed E-state index contributed by atoms with van der Waals surface area (Å²) in [5, 5.41) is 0. The van der Waals surface area contributed by atoms with Crippen LogP contribution in [0.5, 0.6) is 0 Å². The first-order chi connectivity index (χ1) is 12.6. The quantitative estimate of drug-likeness (QED) is 0.447. The molecule has 0 aliphatic carbocycles. The van der Waals surface area contributed by atoms with Crippen molar-refractivity contribution in [2.24, 2.45) is 11.8 Å². The van der Waals surface area contributed by atoms with Crippen molar-refractivity contribution in [3.05, 3.63) is 42.0 Å². The van der Waals surface area contributed by atoms with Gasteiger partial charge in [-0.2, -0.15) is 0 Å². The smallest absolute Gasteiger partial charge is 0.312 e. The second kappa shape index (κ2) is 6.54. The lowest BCUT2D eigenvalue weighted by Gasteiger charge is -2.23. The third kappa shape index (κ3) is 2.49. The van der Waals surface area contributed by atoms with Crippen LogP contribution in [0.2, 0.25) is 0 Å². The number of ether oxygens (including phenoxy) is 2. The Hall–Kier alpha value is -2.14. The Morgan fingerprint density at radius 3 is 2.92 bits per heavy atom. The van der Waals surface area contributed by atoms with E-state index in [4.69, 9.17) is 9.47 Å². The minimum absolute atomic E-state index is 0.0322. The van der Waals surface area contributed by atoms with E-state index in [0.29, 0.717) is 13.2 Å². The number of amides is 1. The standard InChI is InChI=1S/C21H25NO4/c1-3-5-12-25-20(24)17-16-10-11-21(26-16)13-22(19(23)18(17)21)15-9-7-6-8-14(15)4-2/h6-11,16-18H,3-5,12-13H2,1-2H3/t16-,17-,18+,21+/m1/s1. The molecule has 0 radical (unpaired) electrons. The number of fused-ring (bicyclic) bond motifs is 1. The van der Waals surface area contributed by atoms with E-state index in [-0.39, 0.29) is 18.0 Å². The van der Waals surface area contributed by atoms with E-state index in [9.17, 15) is 9.59 Å². The van der Waals surface area contributed by atoms with Crippen molar-refractivity contribution in [1.82, 2.24) is 0 Å². The summed E-state index contributed by atoms with van der Waals surface area (Å²) < 4.78 is 11.6. The van der Waals surface area contributed by atoms with E-state index in [2.05, 4.69) is 13.8 Å². The van der Waals surface area contributed by atoms with Crippen molar-refractivity contribution >= 4 is 17.6 Å². The number of para-hydroxylation sites is 1. The van der Waals surface area contributed by atoms with E-state index in [1.165, 1.54) is 0 Å². The highest BCUT2D eigenvalue weighted by Gasteiger charge is 2.67. The van der Waals surface area contributed by atoms with Crippen LogP contribution < -0.4 is 4.90 Å². The van der Waals surface area contributed by atoms with E-state index >= 15 is 0 Å². The molecule has 2 fully saturated rings. The van der Waals surface area contributed by atoms with E-state index in [1.807, 2.05) is 36.4 Å². The molecule has 0 aromatic heterocycles. The van der Waals surface area contributed by atoms with Gasteiger partial charge in [0.25, 0.3) is 0 Å². The van der Waals surface area contributed by atoms with Gasteiger partial charge in [-0.1, -0.05) is 50.6 Å². The highest BCUT2D eigenvalue weighted by molar-refractivity contribution is 6.03. The van der Waals surface area contributed by atoms with Gasteiger partial charge in [-0.15, -0.1) is 0 Å². The molecule has 3 heterocycles. The number of nitrogens with zero attached hydrogens (tertiary/aromatic N) is 1. The lowest BCUT2D eigenvalue weighted by molar-refractivity contribution is -0.152. The number of anilines is 1. The molecule has 5 heteroatoms. The summed E-state index contributed by atoms with van der Waals surface area (Å²) in [7, 11) is 0. The highest BCUT2D eigenvalue weighted by atomic mass is 16.6. The molecule has 3 aliphatic rings. The maximum absolute atomic E-state index is 13.3. The fourth-order valence-electron chi connectivity index (χ4n) is 4.46. The summed E-state index contributed by atoms with van der Waals surface area (Å²) in [5.41, 5.74) is 1.34. The first kappa shape index (κ1) is 17.3. The van der Waals surface area contributed by atoms with Gasteiger partial charge in [-0.25, -0.2) is 0 Å². The summed E-state index contributed by atoms with van der Waals surface area (Å²) in [4.78, 5) is 27.7. The number of hydrogen-bond acceptors (Lipinski definition) is 4. The fourth-order valence-corrected chi connectivity index (χ4v) is 4.46. The average molecular weight is 355 g/mol. The first-order valence-corrected chi connectivity index (χ1v) is 9.54. The van der Waals surface area contributed by atoms with E-state index in [1.54, 1.807) is 4.90 Å². The van der Waals surface area contributed by atoms with Gasteiger partial charge in [0.1, 0.15) is 11.5 Å². The third-order valence-electron chi connectivity index (χ3n) is 5.78. The normalized spacial score (nSPS) is 31.5. The number of benzene rings is 1. The summed E-state index contributed by atoms with van der Waals surface area (Å²) in [6.07, 6.45) is 6.20. The molecule has 4 atom stereocenters. The number of unbranched alkanes of at least 4 members (excludes halogenated alkanes) is 1. The Bertz CT molecular complexity index is 758. The molecule has 1 aromatic rings. The van der Waals surface area contributed by atoms with Crippen molar-refractivity contribution in [1.29, 1.82) is 0 Å². The van der Waals surface area contributed by atoms with Gasteiger partial charge in [0.05, 0.1) is 25.2 Å². The van der Waals surface area contributed by atoms with Crippen LogP contribution in [0.3, 0.4) is 0 Å². The van der Waals surface area contributed by atoms with Crippen molar-refractivity contribution < 1.29 is 19.1 Å². The minimum Gasteiger partial charge on any atom is -0.465 e. The van der Waals surface area contributed by atoms with Crippen molar-refractivity contribution in [2.45, 2.75) is 44.8 Å². The average Bonchev–Trinajstić information content (AvgIpc) is 3.30. The zero-order chi connectivity index (χ0) is 18.3. The second-order valence-corrected chi connectivity index (χ2v) is 7.33. The first-order valence-electron chi connectivity index (χ1n) is 9.54. The van der Waals surface area contributed by atoms with Gasteiger partial charge in [0, 0.05) is 5.69 Å². The third-order valence-corrected chi connectivity index (χ3v) is 5.78. The largest absolute Gasteiger partial charge is 0.465 e. The molecule has 4 rings (SSSR count). The molecule has 0 N–H and O–H groups in total. The molecular weight excluding hydrogens is 330 g/mol. The fraction of sp³-hybridized carbons (Fsp3) is 0.524. The van der Waals surface area contributed by atoms with Crippen molar-refractivity contribution in [3.8, 4) is 0 Å². The van der Waals surface area contributed by atoms with E-state index < -0.39 is 17.4 Å². The van der Waals surface area contributed by atoms with Gasteiger partial charge in [0.15, 0.2) is 0 Å². The number of carbonyl (C=O) groups excluding carboxylic acids is 2. The Morgan fingerprint density at radius 2 is 2.15 bits per heavy atom. The number of aryl methyl sites for hydroxylation is 1. The maximum atomic E-state index is 13.3. The van der Waals surface area contributed by atoms with Gasteiger partial charge in [-0.05, 0) is 24.5 Å². The predicted octanol–water partition coefficient (Wildman–Crippen LogP) is 2.88. The zero-order valence-electron chi connectivity index (χ0n) is 15.3. The molecule has 138 valence electrons. The molecule has 1 spiro atoms. The summed E-state index contributed by atoms with van der Waals surface area (Å²) in [5.74, 6) is -1.37. The molecule has 1 aromatic carbocycles. The Labute approximate surface area is 154 Å². The predicted molar refractivity (Wildman–Crippen MR) is 97.8 cm³/mol. The Morgan fingerprint density at radius 1 is 1.35 bits per heavy atom. The van der Waals surface area contributed by atoms with Crippen LogP contribution in [0.15, 0.2) is 36.4 Å². The molecule has 0 saturated carbocycles. The topological polar surface area (TPSA) is 55.8 Å². The molecule has 1 amide bonds. The van der Waals surface area contributed by atoms with Crippen LogP contribution in [-0.4, -0.2) is 36.7 Å². The van der Waals surface area contributed by atoms with Gasteiger partial charge >= 0.3 is 5.97 Å². The molecule has 0 unspecified atom stereocenters. The number of esters is 1. The minimum atomic E-state index is -0.697. The zero-order valence-corrected chi connectivity index (χ0v) is 15.3. The van der Waals surface area contributed by atoms with Crippen LogP contribution in [0, 0.1) is 11.8 Å². The number of hydrogen-bond donors (Lipinski definition) is 0. The molecule has 5 nitrogen and oxygen atoms in total. The second-order valence-electron chi connectivity index (χ2n) is 7.33.